The summed E-state index contributed by atoms with van der Waals surface area (Å²) in [6, 6.07) is 16.4. The number of hydrogen-bond acceptors (Lipinski definition) is 4. The van der Waals surface area contributed by atoms with Crippen LogP contribution in [-0.4, -0.2) is 42.3 Å². The number of benzene rings is 2. The Morgan fingerprint density at radius 2 is 1.81 bits per heavy atom. The quantitative estimate of drug-likeness (QED) is 0.493. The third-order valence-corrected chi connectivity index (χ3v) is 5.15. The normalized spacial score (nSPS) is 14.5. The van der Waals surface area contributed by atoms with Crippen molar-refractivity contribution in [3.05, 3.63) is 77.3 Å². The molecule has 1 aliphatic heterocycles. The molecular formula is C24H25FN4O2. The second-order valence-corrected chi connectivity index (χ2v) is 7.55. The highest BCUT2D eigenvalue weighted by Gasteiger charge is 2.17. The molecule has 1 fully saturated rings. The molecule has 0 atom stereocenters. The lowest BCUT2D eigenvalue weighted by Gasteiger charge is -2.27. The van der Waals surface area contributed by atoms with E-state index in [9.17, 15) is 4.39 Å². The van der Waals surface area contributed by atoms with Crippen molar-refractivity contribution in [3.8, 4) is 11.1 Å². The minimum atomic E-state index is -0.295. The van der Waals surface area contributed by atoms with Gasteiger partial charge >= 0.3 is 0 Å². The summed E-state index contributed by atoms with van der Waals surface area (Å²) < 4.78 is 25.8. The highest BCUT2D eigenvalue weighted by atomic mass is 19.1. The molecule has 4 rings (SSSR count). The van der Waals surface area contributed by atoms with E-state index in [1.54, 1.807) is 12.1 Å². The molecule has 6 nitrogen and oxygen atoms in total. The SMILES string of the molecule is CC(C)=C(c1ccc(-c2ccccc2)c(F)c1)c1cc(/N=C(/N)N2CCOCC2)no1. The largest absolute Gasteiger partial charge is 0.378 e. The Bertz CT molecular complexity index is 1110. The van der Waals surface area contributed by atoms with Gasteiger partial charge in [0, 0.05) is 30.3 Å². The van der Waals surface area contributed by atoms with E-state index >= 15 is 0 Å². The third kappa shape index (κ3) is 4.67. The molecule has 0 unspecified atom stereocenters. The first-order chi connectivity index (χ1) is 15.0. The Hall–Kier alpha value is -3.45. The number of nitrogens with two attached hydrogens (primary N) is 1. The molecule has 2 aromatic carbocycles. The molecule has 31 heavy (non-hydrogen) atoms. The van der Waals surface area contributed by atoms with Gasteiger partial charge in [-0.1, -0.05) is 53.2 Å². The monoisotopic (exact) mass is 420 g/mol. The van der Waals surface area contributed by atoms with E-state index in [1.807, 2.05) is 55.1 Å². The van der Waals surface area contributed by atoms with Crippen LogP contribution in [0.15, 0.2) is 69.7 Å². The van der Waals surface area contributed by atoms with Gasteiger partial charge in [0.1, 0.15) is 5.82 Å². The van der Waals surface area contributed by atoms with Gasteiger partial charge in [0.05, 0.1) is 13.2 Å². The molecular weight excluding hydrogens is 395 g/mol. The zero-order chi connectivity index (χ0) is 21.8. The van der Waals surface area contributed by atoms with Crippen molar-refractivity contribution in [2.24, 2.45) is 10.7 Å². The lowest BCUT2D eigenvalue weighted by molar-refractivity contribution is 0.0675. The van der Waals surface area contributed by atoms with E-state index in [1.165, 1.54) is 6.07 Å². The van der Waals surface area contributed by atoms with Crippen LogP contribution in [0.1, 0.15) is 25.2 Å². The Morgan fingerprint density at radius 3 is 2.48 bits per heavy atom. The minimum absolute atomic E-state index is 0.295. The summed E-state index contributed by atoms with van der Waals surface area (Å²) in [6.45, 7) is 6.51. The summed E-state index contributed by atoms with van der Waals surface area (Å²) in [5, 5.41) is 4.04. The molecule has 0 amide bonds. The van der Waals surface area contributed by atoms with Gasteiger partial charge < -0.3 is 19.9 Å². The maximum absolute atomic E-state index is 14.9. The zero-order valence-corrected chi connectivity index (χ0v) is 17.6. The highest BCUT2D eigenvalue weighted by Crippen LogP contribution is 2.32. The summed E-state index contributed by atoms with van der Waals surface area (Å²) in [7, 11) is 0. The fourth-order valence-electron chi connectivity index (χ4n) is 3.62. The Morgan fingerprint density at radius 1 is 1.06 bits per heavy atom. The zero-order valence-electron chi connectivity index (χ0n) is 17.6. The van der Waals surface area contributed by atoms with Gasteiger partial charge in [-0.3, -0.25) is 0 Å². The van der Waals surface area contributed by atoms with Crippen LogP contribution in [-0.2, 0) is 4.74 Å². The molecule has 0 spiro atoms. The van der Waals surface area contributed by atoms with Crippen LogP contribution in [0.3, 0.4) is 0 Å². The Labute approximate surface area is 180 Å². The van der Waals surface area contributed by atoms with Crippen LogP contribution in [0, 0.1) is 5.82 Å². The molecule has 2 N–H and O–H groups in total. The van der Waals surface area contributed by atoms with Crippen LogP contribution in [0.5, 0.6) is 0 Å². The number of halogens is 1. The van der Waals surface area contributed by atoms with Gasteiger partial charge in [0.25, 0.3) is 0 Å². The van der Waals surface area contributed by atoms with Crippen LogP contribution in [0.25, 0.3) is 16.7 Å². The summed E-state index contributed by atoms with van der Waals surface area (Å²) >= 11 is 0. The molecule has 1 aliphatic rings. The summed E-state index contributed by atoms with van der Waals surface area (Å²) in [5.41, 5.74) is 9.95. The average Bonchev–Trinajstić information content (AvgIpc) is 3.22. The molecule has 0 bridgehead atoms. The number of aromatic nitrogens is 1. The second kappa shape index (κ2) is 9.14. The first-order valence-electron chi connectivity index (χ1n) is 10.2. The topological polar surface area (TPSA) is 76.9 Å². The van der Waals surface area contributed by atoms with Crippen LogP contribution >= 0.6 is 0 Å². The summed E-state index contributed by atoms with van der Waals surface area (Å²) in [6.07, 6.45) is 0. The molecule has 2 heterocycles. The molecule has 0 saturated carbocycles. The third-order valence-electron chi connectivity index (χ3n) is 5.15. The molecule has 1 aromatic heterocycles. The van der Waals surface area contributed by atoms with Gasteiger partial charge in [-0.25, -0.2) is 4.39 Å². The van der Waals surface area contributed by atoms with Crippen molar-refractivity contribution < 1.29 is 13.7 Å². The number of rotatable bonds is 4. The van der Waals surface area contributed by atoms with E-state index < -0.39 is 0 Å². The number of ether oxygens (including phenoxy) is 1. The first kappa shape index (κ1) is 20.8. The van der Waals surface area contributed by atoms with Crippen LogP contribution in [0.4, 0.5) is 10.2 Å². The molecule has 0 aliphatic carbocycles. The predicted molar refractivity (Wildman–Crippen MR) is 119 cm³/mol. The minimum Gasteiger partial charge on any atom is -0.378 e. The number of hydrogen-bond donors (Lipinski definition) is 1. The van der Waals surface area contributed by atoms with Gasteiger partial charge in [0.2, 0.25) is 0 Å². The van der Waals surface area contributed by atoms with Gasteiger partial charge in [-0.2, -0.15) is 4.99 Å². The lowest BCUT2D eigenvalue weighted by Crippen LogP contribution is -2.44. The van der Waals surface area contributed by atoms with Crippen molar-refractivity contribution in [1.29, 1.82) is 0 Å². The highest BCUT2D eigenvalue weighted by molar-refractivity contribution is 5.83. The van der Waals surface area contributed by atoms with Crippen molar-refractivity contribution in [1.82, 2.24) is 10.1 Å². The smallest absolute Gasteiger partial charge is 0.199 e. The van der Waals surface area contributed by atoms with Crippen molar-refractivity contribution in [2.45, 2.75) is 13.8 Å². The van der Waals surface area contributed by atoms with E-state index in [4.69, 9.17) is 15.0 Å². The maximum Gasteiger partial charge on any atom is 0.199 e. The predicted octanol–water partition coefficient (Wildman–Crippen LogP) is 4.60. The van der Waals surface area contributed by atoms with Crippen molar-refractivity contribution in [2.75, 3.05) is 26.3 Å². The van der Waals surface area contributed by atoms with E-state index in [2.05, 4.69) is 10.1 Å². The Balaban J connectivity index is 1.62. The molecule has 160 valence electrons. The standard InChI is InChI=1S/C24H25FN4O2/c1-16(2)23(18-8-9-19(20(25)14-18)17-6-4-3-5-7-17)21-15-22(28-31-21)27-24(26)29-10-12-30-13-11-29/h3-9,14-15H,10-13H2,1-2H3,(H2,26,27,28). The van der Waals surface area contributed by atoms with E-state index in [0.29, 0.717) is 55.0 Å². The molecule has 7 heteroatoms. The number of morpholine rings is 1. The summed E-state index contributed by atoms with van der Waals surface area (Å²) in [5.74, 6) is 0.969. The molecule has 3 aromatic rings. The van der Waals surface area contributed by atoms with Crippen LogP contribution in [0.2, 0.25) is 0 Å². The van der Waals surface area contributed by atoms with Gasteiger partial charge in [-0.05, 0) is 31.0 Å². The average molecular weight is 420 g/mol. The van der Waals surface area contributed by atoms with E-state index in [-0.39, 0.29) is 5.82 Å². The number of guanidine groups is 1. The first-order valence-corrected chi connectivity index (χ1v) is 10.2. The fraction of sp³-hybridized carbons (Fsp3) is 0.250. The molecule has 1 saturated heterocycles. The summed E-state index contributed by atoms with van der Waals surface area (Å²) in [4.78, 5) is 6.32. The van der Waals surface area contributed by atoms with Crippen molar-refractivity contribution in [3.63, 3.8) is 0 Å². The van der Waals surface area contributed by atoms with E-state index in [0.717, 1.165) is 16.7 Å². The fourth-order valence-corrected chi connectivity index (χ4v) is 3.62. The Kier molecular flexibility index (Phi) is 6.13. The van der Waals surface area contributed by atoms with Gasteiger partial charge in [-0.15, -0.1) is 0 Å². The molecule has 0 radical (unpaired) electrons. The van der Waals surface area contributed by atoms with Gasteiger partial charge in [0.15, 0.2) is 17.5 Å². The second-order valence-electron chi connectivity index (χ2n) is 7.55. The number of allylic oxidation sites excluding steroid dienone is 1. The lowest BCUT2D eigenvalue weighted by atomic mass is 9.96. The number of nitrogens with zero attached hydrogens (tertiary/aromatic N) is 3. The maximum atomic E-state index is 14.9. The van der Waals surface area contributed by atoms with Crippen molar-refractivity contribution >= 4 is 17.4 Å². The van der Waals surface area contributed by atoms with Crippen LogP contribution < -0.4 is 5.73 Å². The number of aliphatic imine (C=N–C) groups is 1.